The zero-order valence-electron chi connectivity index (χ0n) is 51.7. The van der Waals surface area contributed by atoms with Crippen LogP contribution in [0, 0.1) is 0 Å². The molecular weight excluding hydrogens is 949 g/mol. The van der Waals surface area contributed by atoms with Gasteiger partial charge in [0.05, 0.1) is 0 Å². The SMILES string of the molecule is CCCC/C=C\CCCCCCCC(=O)OCC(COC(=O)CCCCCCCCCCCCCCCCCCCCCCCCC/C=C\C/C=C\CCCCCCC)OC(=O)CCCCCCC/C=C\CCCCCC. The Morgan fingerprint density at radius 2 is 0.481 bits per heavy atom. The van der Waals surface area contributed by atoms with Gasteiger partial charge < -0.3 is 14.2 Å². The Labute approximate surface area is 479 Å². The number of carbonyl (C=O) groups is 3. The van der Waals surface area contributed by atoms with Crippen molar-refractivity contribution in [3.05, 3.63) is 48.6 Å². The van der Waals surface area contributed by atoms with Gasteiger partial charge >= 0.3 is 17.9 Å². The number of carbonyl (C=O) groups excluding carboxylic acids is 3. The Kier molecular flexibility index (Phi) is 63.6. The number of hydrogen-bond donors (Lipinski definition) is 0. The van der Waals surface area contributed by atoms with Crippen LogP contribution in [0.15, 0.2) is 48.6 Å². The van der Waals surface area contributed by atoms with Crippen molar-refractivity contribution in [1.29, 1.82) is 0 Å². The number of esters is 3. The van der Waals surface area contributed by atoms with Gasteiger partial charge in [0.1, 0.15) is 13.2 Å². The second-order valence-corrected chi connectivity index (χ2v) is 23.1. The molecular formula is C71H130O6. The average molecular weight is 1080 g/mol. The standard InChI is InChI=1S/C71H130O6/c1-4-7-10-13-16-19-22-24-25-26-27-28-29-30-31-32-33-34-35-36-37-38-39-40-41-42-43-44-45-47-49-52-55-58-61-64-70(73)76-67-68(66-75-69(72)63-60-57-54-51-48-21-18-15-12-9-6-3)77-71(74)65-62-59-56-53-50-46-23-20-17-14-11-8-5-2/h15,18,20,22-24,26-27,68H,4-14,16-17,19,21,25,28-67H2,1-3H3/b18-15-,23-20-,24-22-,27-26-. The Balaban J connectivity index is 3.99. The van der Waals surface area contributed by atoms with Gasteiger partial charge in [0.15, 0.2) is 6.10 Å². The van der Waals surface area contributed by atoms with E-state index in [9.17, 15) is 14.4 Å². The lowest BCUT2D eigenvalue weighted by molar-refractivity contribution is -0.167. The van der Waals surface area contributed by atoms with Crippen molar-refractivity contribution in [3.8, 4) is 0 Å². The second-order valence-electron chi connectivity index (χ2n) is 23.1. The molecule has 0 saturated heterocycles. The molecule has 0 fully saturated rings. The summed E-state index contributed by atoms with van der Waals surface area (Å²) in [5.74, 6) is -0.876. The lowest BCUT2D eigenvalue weighted by atomic mass is 10.0. The van der Waals surface area contributed by atoms with Crippen LogP contribution in [0.25, 0.3) is 0 Å². The van der Waals surface area contributed by atoms with Crippen molar-refractivity contribution in [1.82, 2.24) is 0 Å². The molecule has 0 rings (SSSR count). The van der Waals surface area contributed by atoms with Crippen LogP contribution in [0.2, 0.25) is 0 Å². The number of allylic oxidation sites excluding steroid dienone is 8. The summed E-state index contributed by atoms with van der Waals surface area (Å²) in [6, 6.07) is 0. The molecule has 0 bridgehead atoms. The Morgan fingerprint density at radius 1 is 0.260 bits per heavy atom. The molecule has 0 spiro atoms. The fourth-order valence-electron chi connectivity index (χ4n) is 10.1. The van der Waals surface area contributed by atoms with Crippen LogP contribution in [0.3, 0.4) is 0 Å². The maximum Gasteiger partial charge on any atom is 0.306 e. The van der Waals surface area contributed by atoms with Gasteiger partial charge in [0.25, 0.3) is 0 Å². The molecule has 6 nitrogen and oxygen atoms in total. The monoisotopic (exact) mass is 1080 g/mol. The van der Waals surface area contributed by atoms with Gasteiger partial charge in [-0.15, -0.1) is 0 Å². The van der Waals surface area contributed by atoms with Crippen molar-refractivity contribution in [2.75, 3.05) is 13.2 Å². The highest BCUT2D eigenvalue weighted by Crippen LogP contribution is 2.18. The van der Waals surface area contributed by atoms with Crippen LogP contribution in [-0.4, -0.2) is 37.2 Å². The van der Waals surface area contributed by atoms with E-state index < -0.39 is 6.10 Å². The smallest absolute Gasteiger partial charge is 0.306 e. The van der Waals surface area contributed by atoms with Crippen molar-refractivity contribution in [3.63, 3.8) is 0 Å². The third-order valence-electron chi connectivity index (χ3n) is 15.3. The first-order valence-electron chi connectivity index (χ1n) is 34.1. The maximum absolute atomic E-state index is 12.8. The predicted molar refractivity (Wildman–Crippen MR) is 335 cm³/mol. The molecule has 1 atom stereocenters. The maximum atomic E-state index is 12.8. The number of hydrogen-bond acceptors (Lipinski definition) is 6. The first-order chi connectivity index (χ1) is 38.0. The van der Waals surface area contributed by atoms with E-state index in [1.54, 1.807) is 0 Å². The lowest BCUT2D eigenvalue weighted by Gasteiger charge is -2.18. The summed E-state index contributed by atoms with van der Waals surface area (Å²) in [6.07, 6.45) is 83.1. The van der Waals surface area contributed by atoms with Crippen molar-refractivity contribution < 1.29 is 28.6 Å². The highest BCUT2D eigenvalue weighted by atomic mass is 16.6. The van der Waals surface area contributed by atoms with Crippen molar-refractivity contribution in [2.24, 2.45) is 0 Å². The molecule has 1 unspecified atom stereocenters. The summed E-state index contributed by atoms with van der Waals surface area (Å²) < 4.78 is 16.9. The summed E-state index contributed by atoms with van der Waals surface area (Å²) in [4.78, 5) is 38.2. The van der Waals surface area contributed by atoms with Gasteiger partial charge in [-0.3, -0.25) is 14.4 Å². The second kappa shape index (κ2) is 65.9. The minimum atomic E-state index is -0.777. The summed E-state index contributed by atoms with van der Waals surface area (Å²) in [7, 11) is 0. The van der Waals surface area contributed by atoms with E-state index >= 15 is 0 Å². The molecule has 0 aromatic heterocycles. The normalized spacial score (nSPS) is 12.3. The van der Waals surface area contributed by atoms with Crippen LogP contribution < -0.4 is 0 Å². The molecule has 0 heterocycles. The largest absolute Gasteiger partial charge is 0.462 e. The summed E-state index contributed by atoms with van der Waals surface area (Å²) in [5.41, 5.74) is 0. The fraction of sp³-hybridized carbons (Fsp3) is 0.845. The first-order valence-corrected chi connectivity index (χ1v) is 34.1. The molecule has 0 amide bonds. The van der Waals surface area contributed by atoms with Gasteiger partial charge in [-0.05, 0) is 96.3 Å². The van der Waals surface area contributed by atoms with E-state index in [0.29, 0.717) is 19.3 Å². The van der Waals surface area contributed by atoms with Crippen molar-refractivity contribution in [2.45, 2.75) is 374 Å². The molecule has 6 heteroatoms. The number of ether oxygens (including phenoxy) is 3. The van der Waals surface area contributed by atoms with Crippen LogP contribution >= 0.6 is 0 Å². The zero-order valence-corrected chi connectivity index (χ0v) is 51.7. The van der Waals surface area contributed by atoms with Crippen LogP contribution in [-0.2, 0) is 28.6 Å². The van der Waals surface area contributed by atoms with Crippen LogP contribution in [0.1, 0.15) is 367 Å². The molecule has 77 heavy (non-hydrogen) atoms. The topological polar surface area (TPSA) is 78.9 Å². The van der Waals surface area contributed by atoms with E-state index in [1.165, 1.54) is 250 Å². The summed E-state index contributed by atoms with van der Waals surface area (Å²) >= 11 is 0. The Hall–Kier alpha value is -2.63. The van der Waals surface area contributed by atoms with E-state index in [2.05, 4.69) is 69.4 Å². The van der Waals surface area contributed by atoms with E-state index in [4.69, 9.17) is 14.2 Å². The first kappa shape index (κ1) is 74.4. The van der Waals surface area contributed by atoms with Crippen LogP contribution in [0.4, 0.5) is 0 Å². The highest BCUT2D eigenvalue weighted by Gasteiger charge is 2.19. The molecule has 450 valence electrons. The van der Waals surface area contributed by atoms with Gasteiger partial charge in [0, 0.05) is 19.3 Å². The highest BCUT2D eigenvalue weighted by molar-refractivity contribution is 5.71. The summed E-state index contributed by atoms with van der Waals surface area (Å²) in [5, 5.41) is 0. The molecule has 0 N–H and O–H groups in total. The summed E-state index contributed by atoms with van der Waals surface area (Å²) in [6.45, 7) is 6.60. The van der Waals surface area contributed by atoms with Crippen molar-refractivity contribution >= 4 is 17.9 Å². The van der Waals surface area contributed by atoms with Gasteiger partial charge in [-0.2, -0.15) is 0 Å². The minimum absolute atomic E-state index is 0.0750. The fourth-order valence-corrected chi connectivity index (χ4v) is 10.1. The third-order valence-corrected chi connectivity index (χ3v) is 15.3. The molecule has 0 aliphatic heterocycles. The zero-order chi connectivity index (χ0) is 55.7. The quantitative estimate of drug-likeness (QED) is 0.0261. The molecule has 0 aliphatic carbocycles. The molecule has 0 aliphatic rings. The van der Waals surface area contributed by atoms with E-state index in [-0.39, 0.29) is 31.1 Å². The van der Waals surface area contributed by atoms with Gasteiger partial charge in [-0.1, -0.05) is 301 Å². The predicted octanol–water partition coefficient (Wildman–Crippen LogP) is 23.3. The van der Waals surface area contributed by atoms with E-state index in [0.717, 1.165) is 77.0 Å². The number of rotatable bonds is 63. The Bertz CT molecular complexity index is 1330. The lowest BCUT2D eigenvalue weighted by Crippen LogP contribution is -2.30. The molecule has 0 aromatic rings. The number of unbranched alkanes of at least 4 members (excludes halogenated alkanes) is 44. The average Bonchev–Trinajstić information content (AvgIpc) is 3.43. The Morgan fingerprint density at radius 3 is 0.779 bits per heavy atom. The van der Waals surface area contributed by atoms with Crippen LogP contribution in [0.5, 0.6) is 0 Å². The molecule has 0 aromatic carbocycles. The van der Waals surface area contributed by atoms with Gasteiger partial charge in [-0.25, -0.2) is 0 Å². The minimum Gasteiger partial charge on any atom is -0.462 e. The third kappa shape index (κ3) is 64.1. The van der Waals surface area contributed by atoms with E-state index in [1.807, 2.05) is 0 Å². The van der Waals surface area contributed by atoms with Gasteiger partial charge in [0.2, 0.25) is 0 Å². The molecule has 0 radical (unpaired) electrons. The molecule has 0 saturated carbocycles.